The van der Waals surface area contributed by atoms with Gasteiger partial charge in [-0.1, -0.05) is 5.16 Å². The molecule has 140 valence electrons. The van der Waals surface area contributed by atoms with Crippen LogP contribution in [0.1, 0.15) is 35.0 Å². The van der Waals surface area contributed by atoms with E-state index in [1.54, 1.807) is 13.0 Å². The molecule has 0 bridgehead atoms. The molecular formula is C15H20N6O4S. The zero-order chi connectivity index (χ0) is 18.5. The Kier molecular flexibility index (Phi) is 3.88. The van der Waals surface area contributed by atoms with Gasteiger partial charge in [0.25, 0.3) is 5.91 Å². The Labute approximate surface area is 150 Å². The molecule has 0 spiro atoms. The lowest BCUT2D eigenvalue weighted by Crippen LogP contribution is -2.39. The molecule has 1 aliphatic heterocycles. The number of aromatic amines is 1. The molecule has 2 N–H and O–H groups in total. The van der Waals surface area contributed by atoms with Crippen LogP contribution in [0.3, 0.4) is 0 Å². The number of carbonyl (C=O) groups is 1. The first-order valence-electron chi connectivity index (χ1n) is 8.34. The summed E-state index contributed by atoms with van der Waals surface area (Å²) in [5.74, 6) is 0.730. The SMILES string of the molecule is Cc1noc([C@]23C[C@H](NC(=O)c4ccn[nH]4)C[C@H]2CN(S(C)(=O)=O)C3)n1. The molecule has 0 radical (unpaired) electrons. The molecule has 4 rings (SSSR count). The molecule has 2 fully saturated rings. The van der Waals surface area contributed by atoms with Crippen LogP contribution in [0.25, 0.3) is 0 Å². The molecule has 0 unspecified atom stereocenters. The maximum Gasteiger partial charge on any atom is 0.269 e. The molecule has 11 heteroatoms. The summed E-state index contributed by atoms with van der Waals surface area (Å²) in [6.07, 6.45) is 3.92. The Morgan fingerprint density at radius 2 is 2.31 bits per heavy atom. The predicted molar refractivity (Wildman–Crippen MR) is 89.7 cm³/mol. The summed E-state index contributed by atoms with van der Waals surface area (Å²) in [5, 5.41) is 13.3. The van der Waals surface area contributed by atoms with E-state index in [-0.39, 0.29) is 24.4 Å². The molecular weight excluding hydrogens is 360 g/mol. The first-order chi connectivity index (χ1) is 12.3. The zero-order valence-electron chi connectivity index (χ0n) is 14.5. The molecule has 1 saturated heterocycles. The molecule has 3 heterocycles. The minimum atomic E-state index is -3.32. The Morgan fingerprint density at radius 3 is 2.92 bits per heavy atom. The number of aromatic nitrogens is 4. The van der Waals surface area contributed by atoms with Crippen molar-refractivity contribution in [3.63, 3.8) is 0 Å². The van der Waals surface area contributed by atoms with Crippen LogP contribution in [0.4, 0.5) is 0 Å². The zero-order valence-corrected chi connectivity index (χ0v) is 15.3. The van der Waals surface area contributed by atoms with Crippen LogP contribution in [0.5, 0.6) is 0 Å². The van der Waals surface area contributed by atoms with Gasteiger partial charge in [-0.25, -0.2) is 12.7 Å². The molecule has 2 aromatic rings. The summed E-state index contributed by atoms with van der Waals surface area (Å²) < 4.78 is 31.0. The van der Waals surface area contributed by atoms with Crippen LogP contribution in [-0.2, 0) is 15.4 Å². The fourth-order valence-electron chi connectivity index (χ4n) is 4.16. The highest BCUT2D eigenvalue weighted by Gasteiger charge is 2.59. The van der Waals surface area contributed by atoms with E-state index in [0.29, 0.717) is 36.8 Å². The summed E-state index contributed by atoms with van der Waals surface area (Å²) in [6, 6.07) is 1.50. The van der Waals surface area contributed by atoms with Gasteiger partial charge in [0, 0.05) is 25.3 Å². The van der Waals surface area contributed by atoms with Crippen molar-refractivity contribution >= 4 is 15.9 Å². The average molecular weight is 380 g/mol. The van der Waals surface area contributed by atoms with Gasteiger partial charge in [-0.15, -0.1) is 0 Å². The highest BCUT2D eigenvalue weighted by Crippen LogP contribution is 2.50. The van der Waals surface area contributed by atoms with Crippen LogP contribution < -0.4 is 5.32 Å². The van der Waals surface area contributed by atoms with Gasteiger partial charge in [-0.2, -0.15) is 10.1 Å². The lowest BCUT2D eigenvalue weighted by molar-refractivity contribution is 0.0929. The topological polar surface area (TPSA) is 134 Å². The molecule has 26 heavy (non-hydrogen) atoms. The quantitative estimate of drug-likeness (QED) is 0.751. The fourth-order valence-corrected chi connectivity index (χ4v) is 5.08. The van der Waals surface area contributed by atoms with E-state index in [9.17, 15) is 13.2 Å². The van der Waals surface area contributed by atoms with Crippen LogP contribution in [0.15, 0.2) is 16.8 Å². The second-order valence-electron chi connectivity index (χ2n) is 7.14. The van der Waals surface area contributed by atoms with E-state index in [4.69, 9.17) is 4.52 Å². The third-order valence-electron chi connectivity index (χ3n) is 5.35. The summed E-state index contributed by atoms with van der Waals surface area (Å²) in [6.45, 7) is 2.40. The number of hydrogen-bond donors (Lipinski definition) is 2. The van der Waals surface area contributed by atoms with Gasteiger partial charge in [-0.3, -0.25) is 9.89 Å². The van der Waals surface area contributed by atoms with Crippen molar-refractivity contribution in [2.24, 2.45) is 5.92 Å². The monoisotopic (exact) mass is 380 g/mol. The number of H-pyrrole nitrogens is 1. The molecule has 10 nitrogen and oxygen atoms in total. The number of sulfonamides is 1. The maximum atomic E-state index is 12.3. The molecule has 2 aliphatic rings. The van der Waals surface area contributed by atoms with Crippen LogP contribution in [0.2, 0.25) is 0 Å². The van der Waals surface area contributed by atoms with Gasteiger partial charge in [0.15, 0.2) is 5.82 Å². The van der Waals surface area contributed by atoms with Crippen LogP contribution in [0, 0.1) is 12.8 Å². The van der Waals surface area contributed by atoms with Gasteiger partial charge in [-0.05, 0) is 31.7 Å². The van der Waals surface area contributed by atoms with E-state index in [0.717, 1.165) is 0 Å². The van der Waals surface area contributed by atoms with Gasteiger partial charge in [0.2, 0.25) is 15.9 Å². The highest BCUT2D eigenvalue weighted by atomic mass is 32.2. The molecule has 1 saturated carbocycles. The van der Waals surface area contributed by atoms with Crippen molar-refractivity contribution in [2.75, 3.05) is 19.3 Å². The minimum Gasteiger partial charge on any atom is -0.348 e. The Balaban J connectivity index is 1.60. The third kappa shape index (κ3) is 2.80. The number of carbonyl (C=O) groups excluding carboxylic acids is 1. The largest absolute Gasteiger partial charge is 0.348 e. The van der Waals surface area contributed by atoms with Crippen molar-refractivity contribution in [1.29, 1.82) is 0 Å². The Hall–Kier alpha value is -2.27. The van der Waals surface area contributed by atoms with Crippen LogP contribution >= 0.6 is 0 Å². The maximum absolute atomic E-state index is 12.3. The standard InChI is InChI=1S/C15H20N6O4S/c1-9-17-14(25-20-9)15-6-11(18-13(22)12-3-4-16-19-12)5-10(15)7-21(8-15)26(2,23)24/h3-4,10-11H,5-8H2,1-2H3,(H,16,19)(H,18,22)/t10-,11+,15-/m0/s1. The molecule has 3 atom stereocenters. The summed E-state index contributed by atoms with van der Waals surface area (Å²) in [7, 11) is -3.32. The number of nitrogens with zero attached hydrogens (tertiary/aromatic N) is 4. The average Bonchev–Trinajstić information content (AvgIpc) is 3.28. The number of amides is 1. The normalized spacial score (nSPS) is 29.0. The Bertz CT molecular complexity index is 924. The second kappa shape index (κ2) is 5.88. The Morgan fingerprint density at radius 1 is 1.50 bits per heavy atom. The first-order valence-corrected chi connectivity index (χ1v) is 10.2. The van der Waals surface area contributed by atoms with E-state index >= 15 is 0 Å². The number of fused-ring (bicyclic) bond motifs is 1. The summed E-state index contributed by atoms with van der Waals surface area (Å²) in [4.78, 5) is 16.7. The fraction of sp³-hybridized carbons (Fsp3) is 0.600. The summed E-state index contributed by atoms with van der Waals surface area (Å²) >= 11 is 0. The molecule has 1 aliphatic carbocycles. The van der Waals surface area contributed by atoms with Crippen molar-refractivity contribution in [2.45, 2.75) is 31.2 Å². The van der Waals surface area contributed by atoms with Gasteiger partial charge >= 0.3 is 0 Å². The van der Waals surface area contributed by atoms with Crippen LogP contribution in [-0.4, -0.2) is 64.4 Å². The smallest absolute Gasteiger partial charge is 0.269 e. The van der Waals surface area contributed by atoms with E-state index in [1.165, 1.54) is 16.8 Å². The predicted octanol–water partition coefficient (Wildman–Crippen LogP) is -0.177. The van der Waals surface area contributed by atoms with Gasteiger partial charge in [0.1, 0.15) is 5.69 Å². The number of rotatable bonds is 4. The minimum absolute atomic E-state index is 0.00384. The van der Waals surface area contributed by atoms with Crippen molar-refractivity contribution in [1.82, 2.24) is 30.0 Å². The van der Waals surface area contributed by atoms with Crippen molar-refractivity contribution < 1.29 is 17.7 Å². The van der Waals surface area contributed by atoms with Gasteiger partial charge < -0.3 is 9.84 Å². The van der Waals surface area contributed by atoms with Crippen molar-refractivity contribution in [3.8, 4) is 0 Å². The molecule has 2 aromatic heterocycles. The summed E-state index contributed by atoms with van der Waals surface area (Å²) in [5.41, 5.74) is -0.182. The lowest BCUT2D eigenvalue weighted by Gasteiger charge is -2.24. The van der Waals surface area contributed by atoms with E-state index < -0.39 is 15.4 Å². The third-order valence-corrected chi connectivity index (χ3v) is 6.56. The first kappa shape index (κ1) is 17.2. The second-order valence-corrected chi connectivity index (χ2v) is 9.12. The van der Waals surface area contributed by atoms with Crippen molar-refractivity contribution in [3.05, 3.63) is 29.7 Å². The van der Waals surface area contributed by atoms with E-state index in [1.807, 2.05) is 0 Å². The number of nitrogens with one attached hydrogen (secondary N) is 2. The number of aryl methyl sites for hydroxylation is 1. The van der Waals surface area contributed by atoms with Gasteiger partial charge in [0.05, 0.1) is 11.7 Å². The molecule has 0 aromatic carbocycles. The molecule has 1 amide bonds. The number of hydrogen-bond acceptors (Lipinski definition) is 7. The van der Waals surface area contributed by atoms with E-state index in [2.05, 4.69) is 25.7 Å². The lowest BCUT2D eigenvalue weighted by atomic mass is 9.80. The highest BCUT2D eigenvalue weighted by molar-refractivity contribution is 7.88.